The first-order chi connectivity index (χ1) is 13.2. The van der Waals surface area contributed by atoms with Crippen molar-refractivity contribution < 1.29 is 9.47 Å². The molecule has 1 saturated heterocycles. The van der Waals surface area contributed by atoms with Crippen LogP contribution < -0.4 is 14.8 Å². The van der Waals surface area contributed by atoms with Gasteiger partial charge >= 0.3 is 0 Å². The van der Waals surface area contributed by atoms with Gasteiger partial charge in [-0.15, -0.1) is 0 Å². The number of thiocarbonyl (C=S) groups is 1. The highest BCUT2D eigenvalue weighted by atomic mass is 32.1. The Morgan fingerprint density at radius 3 is 2.44 bits per heavy atom. The van der Waals surface area contributed by atoms with Gasteiger partial charge in [-0.25, -0.2) is 0 Å². The van der Waals surface area contributed by atoms with Gasteiger partial charge in [0.25, 0.3) is 0 Å². The molecule has 0 bridgehead atoms. The third kappa shape index (κ3) is 3.56. The third-order valence-corrected chi connectivity index (χ3v) is 5.60. The first-order valence-electron chi connectivity index (χ1n) is 9.13. The molecule has 2 aromatic rings. The summed E-state index contributed by atoms with van der Waals surface area (Å²) in [5, 5.41) is 13.8. The lowest BCUT2D eigenvalue weighted by atomic mass is 9.74. The Bertz CT molecular complexity index is 871. The monoisotopic (exact) mass is 379 g/mol. The van der Waals surface area contributed by atoms with Gasteiger partial charge in [-0.05, 0) is 42.8 Å². The molecule has 0 aliphatic carbocycles. The van der Waals surface area contributed by atoms with Crippen molar-refractivity contribution in [1.82, 2.24) is 4.90 Å². The summed E-state index contributed by atoms with van der Waals surface area (Å²) in [4.78, 5) is 2.13. The van der Waals surface area contributed by atoms with E-state index in [-0.39, 0.29) is 0 Å². The van der Waals surface area contributed by atoms with Crippen LogP contribution in [0, 0.1) is 11.3 Å². The van der Waals surface area contributed by atoms with Crippen molar-refractivity contribution in [3.8, 4) is 17.6 Å². The highest BCUT2D eigenvalue weighted by Gasteiger charge is 2.37. The minimum atomic E-state index is -0.426. The summed E-state index contributed by atoms with van der Waals surface area (Å²) < 4.78 is 11.2. The topological polar surface area (TPSA) is 57.5 Å². The number of hydrogen-bond donors (Lipinski definition) is 1. The highest BCUT2D eigenvalue weighted by molar-refractivity contribution is 7.80. The van der Waals surface area contributed by atoms with E-state index in [1.54, 1.807) is 0 Å². The van der Waals surface area contributed by atoms with Gasteiger partial charge in [-0.1, -0.05) is 30.3 Å². The van der Waals surface area contributed by atoms with E-state index in [9.17, 15) is 5.26 Å². The molecular formula is C21H21N3O2S. The van der Waals surface area contributed by atoms with Crippen LogP contribution >= 0.6 is 12.2 Å². The predicted molar refractivity (Wildman–Crippen MR) is 108 cm³/mol. The van der Waals surface area contributed by atoms with Crippen molar-refractivity contribution in [2.75, 3.05) is 31.6 Å². The van der Waals surface area contributed by atoms with Gasteiger partial charge in [0.05, 0.1) is 11.5 Å². The van der Waals surface area contributed by atoms with Crippen LogP contribution in [0.1, 0.15) is 18.4 Å². The van der Waals surface area contributed by atoms with Gasteiger partial charge in [0.1, 0.15) is 13.2 Å². The Labute approximate surface area is 164 Å². The fourth-order valence-corrected chi connectivity index (χ4v) is 3.94. The van der Waals surface area contributed by atoms with Crippen molar-refractivity contribution in [2.45, 2.75) is 18.3 Å². The predicted octanol–water partition coefficient (Wildman–Crippen LogP) is 3.71. The second-order valence-electron chi connectivity index (χ2n) is 6.84. The number of nitriles is 1. The first kappa shape index (κ1) is 17.6. The molecule has 6 heteroatoms. The lowest BCUT2D eigenvalue weighted by Gasteiger charge is -2.38. The number of hydrogen-bond acceptors (Lipinski definition) is 4. The Hall–Kier alpha value is -2.78. The fraction of sp³-hybridized carbons (Fsp3) is 0.333. The Morgan fingerprint density at radius 1 is 1.04 bits per heavy atom. The molecule has 0 radical (unpaired) electrons. The van der Waals surface area contributed by atoms with Crippen LogP contribution in [-0.4, -0.2) is 36.3 Å². The number of nitrogens with one attached hydrogen (secondary N) is 1. The van der Waals surface area contributed by atoms with E-state index in [2.05, 4.69) is 16.3 Å². The van der Waals surface area contributed by atoms with E-state index in [1.807, 2.05) is 48.5 Å². The summed E-state index contributed by atoms with van der Waals surface area (Å²) >= 11 is 5.60. The van der Waals surface area contributed by atoms with Crippen molar-refractivity contribution in [2.24, 2.45) is 0 Å². The molecule has 5 nitrogen and oxygen atoms in total. The maximum absolute atomic E-state index is 9.82. The SMILES string of the molecule is N#CC1(c2ccccc2)CCN(C(=S)Nc2ccc3c(c2)OCCO3)CC1. The van der Waals surface area contributed by atoms with Crippen LogP contribution in [0.2, 0.25) is 0 Å². The molecule has 2 aliphatic heterocycles. The molecule has 1 fully saturated rings. The lowest BCUT2D eigenvalue weighted by molar-refractivity contribution is 0.171. The second kappa shape index (κ2) is 7.45. The lowest BCUT2D eigenvalue weighted by Crippen LogP contribution is -2.46. The molecule has 27 heavy (non-hydrogen) atoms. The van der Waals surface area contributed by atoms with Gasteiger partial charge in [0.15, 0.2) is 16.6 Å². The van der Waals surface area contributed by atoms with Crippen LogP contribution in [0.4, 0.5) is 5.69 Å². The van der Waals surface area contributed by atoms with Crippen molar-refractivity contribution in [3.05, 3.63) is 54.1 Å². The number of rotatable bonds is 2. The van der Waals surface area contributed by atoms with Gasteiger partial charge < -0.3 is 19.7 Å². The molecule has 0 saturated carbocycles. The number of piperidine rings is 1. The number of nitrogens with zero attached hydrogens (tertiary/aromatic N) is 2. The number of ether oxygens (including phenoxy) is 2. The molecule has 0 aromatic heterocycles. The summed E-state index contributed by atoms with van der Waals surface area (Å²) in [6, 6.07) is 18.4. The Kier molecular flexibility index (Phi) is 4.87. The van der Waals surface area contributed by atoms with E-state index in [4.69, 9.17) is 21.7 Å². The molecule has 0 atom stereocenters. The zero-order chi connectivity index (χ0) is 18.7. The van der Waals surface area contributed by atoms with E-state index in [0.717, 1.165) is 48.7 Å². The van der Waals surface area contributed by atoms with Gasteiger partial charge in [-0.3, -0.25) is 0 Å². The maximum atomic E-state index is 9.82. The van der Waals surface area contributed by atoms with Crippen LogP contribution in [0.3, 0.4) is 0 Å². The summed E-state index contributed by atoms with van der Waals surface area (Å²) in [7, 11) is 0. The van der Waals surface area contributed by atoms with E-state index < -0.39 is 5.41 Å². The van der Waals surface area contributed by atoms with Crippen molar-refractivity contribution in [1.29, 1.82) is 5.26 Å². The third-order valence-electron chi connectivity index (χ3n) is 5.24. The van der Waals surface area contributed by atoms with E-state index >= 15 is 0 Å². The van der Waals surface area contributed by atoms with Gasteiger partial charge in [0.2, 0.25) is 0 Å². The largest absolute Gasteiger partial charge is 0.486 e. The van der Waals surface area contributed by atoms with Crippen molar-refractivity contribution in [3.63, 3.8) is 0 Å². The molecule has 2 aliphatic rings. The molecule has 1 N–H and O–H groups in total. The molecular weight excluding hydrogens is 358 g/mol. The molecule has 0 unspecified atom stereocenters. The van der Waals surface area contributed by atoms with Crippen molar-refractivity contribution >= 4 is 23.0 Å². The standard InChI is InChI=1S/C21H21N3O2S/c22-15-21(16-4-2-1-3-5-16)8-10-24(11-9-21)20(27)23-17-6-7-18-19(14-17)26-13-12-25-18/h1-7,14H,8-13H2,(H,23,27). The zero-order valence-electron chi connectivity index (χ0n) is 15.0. The van der Waals surface area contributed by atoms with E-state index in [1.165, 1.54) is 0 Å². The van der Waals surface area contributed by atoms with Crippen LogP contribution in [-0.2, 0) is 5.41 Å². The number of anilines is 1. The Balaban J connectivity index is 1.41. The van der Waals surface area contributed by atoms with E-state index in [0.29, 0.717) is 18.3 Å². The summed E-state index contributed by atoms with van der Waals surface area (Å²) in [5.41, 5.74) is 1.55. The first-order valence-corrected chi connectivity index (χ1v) is 9.53. The molecule has 4 rings (SSSR count). The van der Waals surface area contributed by atoms with Crippen LogP contribution in [0.25, 0.3) is 0 Å². The highest BCUT2D eigenvalue weighted by Crippen LogP contribution is 2.36. The van der Waals surface area contributed by atoms with Gasteiger partial charge in [-0.2, -0.15) is 5.26 Å². The average Bonchev–Trinajstić information content (AvgIpc) is 2.74. The van der Waals surface area contributed by atoms with Gasteiger partial charge in [0, 0.05) is 24.8 Å². The van der Waals surface area contributed by atoms with Crippen LogP contribution in [0.15, 0.2) is 48.5 Å². The Morgan fingerprint density at radius 2 is 1.74 bits per heavy atom. The summed E-state index contributed by atoms with van der Waals surface area (Å²) in [6.45, 7) is 2.63. The quantitative estimate of drug-likeness (QED) is 0.803. The molecule has 138 valence electrons. The minimum Gasteiger partial charge on any atom is -0.486 e. The molecule has 0 spiro atoms. The normalized spacial score (nSPS) is 17.7. The second-order valence-corrected chi connectivity index (χ2v) is 7.22. The average molecular weight is 379 g/mol. The molecule has 0 amide bonds. The molecule has 2 aromatic carbocycles. The maximum Gasteiger partial charge on any atom is 0.173 e. The minimum absolute atomic E-state index is 0.426. The number of benzene rings is 2. The zero-order valence-corrected chi connectivity index (χ0v) is 15.8. The fourth-order valence-electron chi connectivity index (χ4n) is 3.64. The number of fused-ring (bicyclic) bond motifs is 1. The summed E-state index contributed by atoms with van der Waals surface area (Å²) in [6.07, 6.45) is 1.52. The number of likely N-dealkylation sites (tertiary alicyclic amines) is 1. The molecule has 2 heterocycles. The smallest absolute Gasteiger partial charge is 0.173 e. The van der Waals surface area contributed by atoms with Crippen LogP contribution in [0.5, 0.6) is 11.5 Å². The summed E-state index contributed by atoms with van der Waals surface area (Å²) in [5.74, 6) is 1.50.